The van der Waals surface area contributed by atoms with Crippen molar-refractivity contribution in [1.29, 1.82) is 0 Å². The first kappa shape index (κ1) is 18.3. The van der Waals surface area contributed by atoms with Gasteiger partial charge in [0.25, 0.3) is 0 Å². The van der Waals surface area contributed by atoms with E-state index in [2.05, 4.69) is 39.7 Å². The molecule has 0 unspecified atom stereocenters. The lowest BCUT2D eigenvalue weighted by Crippen LogP contribution is -2.48. The number of aromatic nitrogens is 2. The standard InChI is InChI=1S/C22H25N3O4/c1-15-5-6-21-23-16(13-25(21)11-15)12-24-8-7-18(17(26)14-24)29-20-4-2-3-19-22(20)28-10-9-27-19/h2-6,11,13,17-18,26H,7-10,12,14H2,1H3/t17-,18-/m1/s1. The van der Waals surface area contributed by atoms with Crippen LogP contribution in [0.2, 0.25) is 0 Å². The summed E-state index contributed by atoms with van der Waals surface area (Å²) in [6.45, 7) is 5.21. The van der Waals surface area contributed by atoms with Gasteiger partial charge in [0.05, 0.1) is 5.69 Å². The molecule has 2 aromatic heterocycles. The number of likely N-dealkylation sites (tertiary alicyclic amines) is 1. The summed E-state index contributed by atoms with van der Waals surface area (Å²) in [5.74, 6) is 1.96. The smallest absolute Gasteiger partial charge is 0.203 e. The van der Waals surface area contributed by atoms with Crippen LogP contribution in [0.1, 0.15) is 17.7 Å². The zero-order valence-corrected chi connectivity index (χ0v) is 16.5. The predicted octanol–water partition coefficient (Wildman–Crippen LogP) is 2.43. The highest BCUT2D eigenvalue weighted by Crippen LogP contribution is 2.40. The van der Waals surface area contributed by atoms with Gasteiger partial charge in [-0.3, -0.25) is 4.90 Å². The molecule has 1 N–H and O–H groups in total. The zero-order valence-electron chi connectivity index (χ0n) is 16.5. The fourth-order valence-electron chi connectivity index (χ4n) is 4.02. The number of aryl methyl sites for hydroxylation is 1. The molecule has 4 heterocycles. The summed E-state index contributed by atoms with van der Waals surface area (Å²) in [6, 6.07) is 9.72. The quantitative estimate of drug-likeness (QED) is 0.732. The van der Waals surface area contributed by atoms with Gasteiger partial charge in [-0.1, -0.05) is 12.1 Å². The largest absolute Gasteiger partial charge is 0.486 e. The van der Waals surface area contributed by atoms with Crippen molar-refractivity contribution in [3.05, 3.63) is 54.0 Å². The van der Waals surface area contributed by atoms with Crippen LogP contribution < -0.4 is 14.2 Å². The monoisotopic (exact) mass is 395 g/mol. The number of rotatable bonds is 4. The summed E-state index contributed by atoms with van der Waals surface area (Å²) >= 11 is 0. The maximum atomic E-state index is 10.7. The molecule has 7 nitrogen and oxygen atoms in total. The Bertz CT molecular complexity index is 1020. The number of hydrogen-bond donors (Lipinski definition) is 1. The fourth-order valence-corrected chi connectivity index (χ4v) is 4.02. The maximum absolute atomic E-state index is 10.7. The first-order chi connectivity index (χ1) is 14.2. The highest BCUT2D eigenvalue weighted by Gasteiger charge is 2.31. The number of β-amino-alcohol motifs (C(OH)–C–C–N with tert-alkyl or cyclic N) is 1. The number of nitrogens with zero attached hydrogens (tertiary/aromatic N) is 3. The van der Waals surface area contributed by atoms with E-state index < -0.39 is 6.10 Å². The third kappa shape index (κ3) is 3.75. The van der Waals surface area contributed by atoms with Crippen LogP contribution in [0.25, 0.3) is 5.65 Å². The summed E-state index contributed by atoms with van der Waals surface area (Å²) in [4.78, 5) is 6.91. The van der Waals surface area contributed by atoms with Gasteiger partial charge >= 0.3 is 0 Å². The summed E-state index contributed by atoms with van der Waals surface area (Å²) in [5, 5.41) is 10.7. The van der Waals surface area contributed by atoms with E-state index in [1.165, 1.54) is 5.56 Å². The lowest BCUT2D eigenvalue weighted by atomic mass is 10.0. The van der Waals surface area contributed by atoms with Gasteiger partial charge in [-0.2, -0.15) is 0 Å². The number of benzene rings is 1. The molecule has 2 aliphatic heterocycles. The number of ether oxygens (including phenoxy) is 3. The Labute approximate surface area is 169 Å². The van der Waals surface area contributed by atoms with Crippen LogP contribution in [-0.2, 0) is 6.54 Å². The number of aliphatic hydroxyl groups is 1. The number of pyridine rings is 1. The van der Waals surface area contributed by atoms with Crippen LogP contribution in [0.5, 0.6) is 17.2 Å². The second kappa shape index (κ2) is 7.57. The zero-order chi connectivity index (χ0) is 19.8. The van der Waals surface area contributed by atoms with Crippen molar-refractivity contribution in [1.82, 2.24) is 14.3 Å². The summed E-state index contributed by atoms with van der Waals surface area (Å²) in [7, 11) is 0. The second-order valence-electron chi connectivity index (χ2n) is 7.73. The van der Waals surface area contributed by atoms with E-state index in [-0.39, 0.29) is 6.10 Å². The molecule has 7 heteroatoms. The van der Waals surface area contributed by atoms with Crippen LogP contribution in [0.4, 0.5) is 0 Å². The Morgan fingerprint density at radius 3 is 2.97 bits per heavy atom. The van der Waals surface area contributed by atoms with Crippen LogP contribution >= 0.6 is 0 Å². The minimum atomic E-state index is -0.580. The fraction of sp³-hybridized carbons (Fsp3) is 0.409. The van der Waals surface area contributed by atoms with Gasteiger partial charge < -0.3 is 23.7 Å². The third-order valence-electron chi connectivity index (χ3n) is 5.45. The average Bonchev–Trinajstić information content (AvgIpc) is 3.11. The Morgan fingerprint density at radius 2 is 2.07 bits per heavy atom. The summed E-state index contributed by atoms with van der Waals surface area (Å²) in [5.41, 5.74) is 3.15. The maximum Gasteiger partial charge on any atom is 0.203 e. The van der Waals surface area contributed by atoms with Gasteiger partial charge in [0, 0.05) is 32.0 Å². The van der Waals surface area contributed by atoms with E-state index in [1.807, 2.05) is 24.3 Å². The summed E-state index contributed by atoms with van der Waals surface area (Å²) < 4.78 is 19.5. The molecule has 2 atom stereocenters. The van der Waals surface area contributed by atoms with E-state index in [0.29, 0.717) is 43.6 Å². The van der Waals surface area contributed by atoms with Gasteiger partial charge in [0.2, 0.25) is 5.75 Å². The van der Waals surface area contributed by atoms with Crippen molar-refractivity contribution in [2.75, 3.05) is 26.3 Å². The molecule has 5 rings (SSSR count). The van der Waals surface area contributed by atoms with Crippen LogP contribution in [0.15, 0.2) is 42.7 Å². The SMILES string of the molecule is Cc1ccc2nc(CN3CC[C@@H](Oc4cccc5c4OCCO5)[C@H](O)C3)cn2c1. The number of aliphatic hydroxyl groups excluding tert-OH is 1. The Balaban J connectivity index is 1.23. The molecule has 2 aliphatic rings. The number of fused-ring (bicyclic) bond motifs is 2. The molecule has 0 radical (unpaired) electrons. The molecule has 29 heavy (non-hydrogen) atoms. The molecule has 1 aromatic carbocycles. The topological polar surface area (TPSA) is 68.5 Å². The minimum absolute atomic E-state index is 0.271. The molecule has 0 aliphatic carbocycles. The van der Waals surface area contributed by atoms with E-state index in [1.54, 1.807) is 0 Å². The average molecular weight is 395 g/mol. The first-order valence-electron chi connectivity index (χ1n) is 10.1. The van der Waals surface area contributed by atoms with Crippen LogP contribution in [-0.4, -0.2) is 57.9 Å². The van der Waals surface area contributed by atoms with Crippen molar-refractivity contribution >= 4 is 5.65 Å². The Hall–Kier alpha value is -2.77. The third-order valence-corrected chi connectivity index (χ3v) is 5.45. The molecule has 1 saturated heterocycles. The first-order valence-corrected chi connectivity index (χ1v) is 10.1. The summed E-state index contributed by atoms with van der Waals surface area (Å²) in [6.07, 6.45) is 4.02. The second-order valence-corrected chi connectivity index (χ2v) is 7.73. The molecular formula is C22H25N3O4. The molecule has 0 spiro atoms. The molecular weight excluding hydrogens is 370 g/mol. The van der Waals surface area contributed by atoms with E-state index >= 15 is 0 Å². The van der Waals surface area contributed by atoms with Gasteiger partial charge in [-0.25, -0.2) is 4.98 Å². The Morgan fingerprint density at radius 1 is 1.17 bits per heavy atom. The van der Waals surface area contributed by atoms with E-state index in [9.17, 15) is 5.11 Å². The van der Waals surface area contributed by atoms with Crippen molar-refractivity contribution < 1.29 is 19.3 Å². The minimum Gasteiger partial charge on any atom is -0.486 e. The normalized spacial score (nSPS) is 22.0. The molecule has 1 fully saturated rings. The van der Waals surface area contributed by atoms with Gasteiger partial charge in [-0.15, -0.1) is 0 Å². The molecule has 0 saturated carbocycles. The lowest BCUT2D eigenvalue weighted by molar-refractivity contribution is -0.0292. The van der Waals surface area contributed by atoms with Gasteiger partial charge in [0.1, 0.15) is 31.1 Å². The lowest BCUT2D eigenvalue weighted by Gasteiger charge is -2.36. The molecule has 0 bridgehead atoms. The van der Waals surface area contributed by atoms with Crippen LogP contribution in [0, 0.1) is 6.92 Å². The molecule has 152 valence electrons. The number of hydrogen-bond acceptors (Lipinski definition) is 6. The van der Waals surface area contributed by atoms with E-state index in [0.717, 1.165) is 24.3 Å². The van der Waals surface area contributed by atoms with Crippen molar-refractivity contribution in [2.24, 2.45) is 0 Å². The number of para-hydroxylation sites is 1. The number of imidazole rings is 1. The van der Waals surface area contributed by atoms with E-state index in [4.69, 9.17) is 14.2 Å². The number of piperidine rings is 1. The predicted molar refractivity (Wildman–Crippen MR) is 108 cm³/mol. The highest BCUT2D eigenvalue weighted by molar-refractivity contribution is 5.52. The molecule has 0 amide bonds. The molecule has 3 aromatic rings. The van der Waals surface area contributed by atoms with Gasteiger partial charge in [-0.05, 0) is 37.1 Å². The van der Waals surface area contributed by atoms with Crippen molar-refractivity contribution in [3.8, 4) is 17.2 Å². The van der Waals surface area contributed by atoms with Crippen molar-refractivity contribution in [2.45, 2.75) is 32.1 Å². The highest BCUT2D eigenvalue weighted by atomic mass is 16.6. The van der Waals surface area contributed by atoms with Crippen molar-refractivity contribution in [3.63, 3.8) is 0 Å². The Kier molecular flexibility index (Phi) is 4.77. The van der Waals surface area contributed by atoms with Gasteiger partial charge in [0.15, 0.2) is 11.5 Å². The van der Waals surface area contributed by atoms with Crippen LogP contribution in [0.3, 0.4) is 0 Å².